The van der Waals surface area contributed by atoms with Crippen LogP contribution in [0, 0.1) is 6.92 Å². The zero-order valence-corrected chi connectivity index (χ0v) is 20.6. The molecule has 1 saturated heterocycles. The maximum atomic E-state index is 12.9. The summed E-state index contributed by atoms with van der Waals surface area (Å²) in [5.74, 6) is 2.61. The lowest BCUT2D eigenvalue weighted by Gasteiger charge is -2.28. The molecule has 1 amide bonds. The Hall–Kier alpha value is -2.47. The molecule has 0 aliphatic carbocycles. The Morgan fingerprint density at radius 3 is 2.59 bits per heavy atom. The molecular weight excluding hydrogens is 420 g/mol. The van der Waals surface area contributed by atoms with E-state index in [1.54, 1.807) is 18.9 Å². The predicted molar refractivity (Wildman–Crippen MR) is 133 cm³/mol. The highest BCUT2D eigenvalue weighted by molar-refractivity contribution is 8.13. The molecular formula is C26H34N2O3S. The van der Waals surface area contributed by atoms with Crippen LogP contribution in [-0.2, 0) is 10.2 Å². The Kier molecular flexibility index (Phi) is 8.24. The number of thioether (sulfide) groups is 1. The minimum Gasteiger partial charge on any atom is -0.494 e. The Labute approximate surface area is 196 Å². The van der Waals surface area contributed by atoms with E-state index >= 15 is 0 Å². The normalized spacial score (nSPS) is 15.7. The second-order valence-electron chi connectivity index (χ2n) is 9.04. The molecule has 1 fully saturated rings. The quantitative estimate of drug-likeness (QED) is 0.473. The van der Waals surface area contributed by atoms with Crippen LogP contribution in [-0.4, -0.2) is 42.0 Å². The number of hydrogen-bond acceptors (Lipinski definition) is 5. The first-order valence-corrected chi connectivity index (χ1v) is 12.2. The van der Waals surface area contributed by atoms with E-state index in [4.69, 9.17) is 14.5 Å². The van der Waals surface area contributed by atoms with Gasteiger partial charge in [-0.2, -0.15) is 0 Å². The Morgan fingerprint density at radius 2 is 1.91 bits per heavy atom. The molecule has 3 rings (SSSR count). The lowest BCUT2D eigenvalue weighted by atomic mass is 9.87. The van der Waals surface area contributed by atoms with Crippen LogP contribution in [0.25, 0.3) is 0 Å². The summed E-state index contributed by atoms with van der Waals surface area (Å²) in [5, 5.41) is 0.754. The van der Waals surface area contributed by atoms with E-state index in [-0.39, 0.29) is 11.3 Å². The number of amides is 1. The highest BCUT2D eigenvalue weighted by Crippen LogP contribution is 2.31. The number of aliphatic imine (C=N–C) groups is 1. The Balaban J connectivity index is 1.57. The topological polar surface area (TPSA) is 51.1 Å². The van der Waals surface area contributed by atoms with Crippen molar-refractivity contribution in [2.75, 3.05) is 26.0 Å². The van der Waals surface area contributed by atoms with Crippen molar-refractivity contribution in [1.29, 1.82) is 0 Å². The van der Waals surface area contributed by atoms with Crippen LogP contribution >= 0.6 is 11.8 Å². The van der Waals surface area contributed by atoms with E-state index in [0.717, 1.165) is 34.3 Å². The number of benzene rings is 2. The summed E-state index contributed by atoms with van der Waals surface area (Å²) in [4.78, 5) is 19.5. The minimum absolute atomic E-state index is 0.0919. The standard InChI is InChI=1S/C26H34N2O3S/c1-19-9-14-23(30-5)22(18-19)27-25-28(15-7-17-32-25)24(29)8-6-16-31-21-12-10-20(11-13-21)26(2,3)4/h9-14,18H,6-8,15-17H2,1-5H3. The summed E-state index contributed by atoms with van der Waals surface area (Å²) >= 11 is 1.63. The maximum absolute atomic E-state index is 12.9. The van der Waals surface area contributed by atoms with Crippen LogP contribution in [0.2, 0.25) is 0 Å². The molecule has 0 N–H and O–H groups in total. The highest BCUT2D eigenvalue weighted by Gasteiger charge is 2.24. The van der Waals surface area contributed by atoms with Gasteiger partial charge in [0.05, 0.1) is 13.7 Å². The van der Waals surface area contributed by atoms with Gasteiger partial charge in [0, 0.05) is 18.7 Å². The number of carbonyl (C=O) groups excluding carboxylic acids is 1. The average Bonchev–Trinajstić information content (AvgIpc) is 2.77. The molecule has 1 aliphatic heterocycles. The van der Waals surface area contributed by atoms with E-state index in [2.05, 4.69) is 32.9 Å². The van der Waals surface area contributed by atoms with Gasteiger partial charge in [-0.1, -0.05) is 50.7 Å². The van der Waals surface area contributed by atoms with Crippen molar-refractivity contribution in [3.63, 3.8) is 0 Å². The Bertz CT molecular complexity index is 949. The van der Waals surface area contributed by atoms with Gasteiger partial charge in [-0.15, -0.1) is 0 Å². The largest absolute Gasteiger partial charge is 0.494 e. The van der Waals surface area contributed by atoms with Crippen LogP contribution in [0.1, 0.15) is 51.2 Å². The second-order valence-corrected chi connectivity index (χ2v) is 10.1. The number of ether oxygens (including phenoxy) is 2. The summed E-state index contributed by atoms with van der Waals surface area (Å²) in [6, 6.07) is 14.1. The number of amidine groups is 1. The molecule has 0 saturated carbocycles. The van der Waals surface area contributed by atoms with Gasteiger partial charge in [-0.05, 0) is 60.6 Å². The van der Waals surface area contributed by atoms with Gasteiger partial charge in [0.15, 0.2) is 5.17 Å². The molecule has 0 unspecified atom stereocenters. The van der Waals surface area contributed by atoms with Gasteiger partial charge in [-0.3, -0.25) is 9.69 Å². The van der Waals surface area contributed by atoms with Crippen LogP contribution in [0.4, 0.5) is 5.69 Å². The van der Waals surface area contributed by atoms with E-state index in [9.17, 15) is 4.79 Å². The summed E-state index contributed by atoms with van der Waals surface area (Å²) in [7, 11) is 1.64. The van der Waals surface area contributed by atoms with Gasteiger partial charge in [-0.25, -0.2) is 4.99 Å². The first kappa shape index (κ1) is 24.2. The molecule has 1 aliphatic rings. The zero-order chi connectivity index (χ0) is 23.1. The van der Waals surface area contributed by atoms with Crippen molar-refractivity contribution in [2.24, 2.45) is 4.99 Å². The van der Waals surface area contributed by atoms with Crippen molar-refractivity contribution in [2.45, 2.75) is 52.4 Å². The van der Waals surface area contributed by atoms with Crippen molar-refractivity contribution in [3.05, 3.63) is 53.6 Å². The molecule has 32 heavy (non-hydrogen) atoms. The van der Waals surface area contributed by atoms with Gasteiger partial charge in [0.25, 0.3) is 0 Å². The summed E-state index contributed by atoms with van der Waals surface area (Å²) in [6.45, 7) is 9.82. The molecule has 1 heterocycles. The molecule has 172 valence electrons. The van der Waals surface area contributed by atoms with E-state index in [1.807, 2.05) is 42.2 Å². The fourth-order valence-electron chi connectivity index (χ4n) is 3.47. The number of rotatable bonds is 7. The van der Waals surface area contributed by atoms with E-state index in [1.165, 1.54) is 5.56 Å². The molecule has 0 atom stereocenters. The number of methoxy groups -OCH3 is 1. The molecule has 2 aromatic carbocycles. The predicted octanol–water partition coefficient (Wildman–Crippen LogP) is 6.11. The first-order valence-electron chi connectivity index (χ1n) is 11.2. The SMILES string of the molecule is COc1ccc(C)cc1N=C1SCCCN1C(=O)CCCOc1ccc(C(C)(C)C)cc1. The number of nitrogens with zero attached hydrogens (tertiary/aromatic N) is 2. The lowest BCUT2D eigenvalue weighted by molar-refractivity contribution is -0.127. The van der Waals surface area contributed by atoms with Gasteiger partial charge in [0.2, 0.25) is 5.91 Å². The third-order valence-corrected chi connectivity index (χ3v) is 6.43. The average molecular weight is 455 g/mol. The summed E-state index contributed by atoms with van der Waals surface area (Å²) < 4.78 is 11.3. The van der Waals surface area contributed by atoms with Gasteiger partial charge < -0.3 is 9.47 Å². The maximum Gasteiger partial charge on any atom is 0.228 e. The third kappa shape index (κ3) is 6.52. The number of carbonyl (C=O) groups is 1. The summed E-state index contributed by atoms with van der Waals surface area (Å²) in [5.41, 5.74) is 3.27. The fraction of sp³-hybridized carbons (Fsp3) is 0.462. The monoisotopic (exact) mass is 454 g/mol. The van der Waals surface area contributed by atoms with Crippen molar-refractivity contribution >= 4 is 28.5 Å². The first-order chi connectivity index (χ1) is 15.3. The fourth-order valence-corrected chi connectivity index (χ4v) is 4.44. The van der Waals surface area contributed by atoms with Gasteiger partial charge >= 0.3 is 0 Å². The second kappa shape index (κ2) is 10.9. The van der Waals surface area contributed by atoms with Gasteiger partial charge in [0.1, 0.15) is 17.2 Å². The van der Waals surface area contributed by atoms with Crippen molar-refractivity contribution in [1.82, 2.24) is 4.90 Å². The molecule has 0 radical (unpaired) electrons. The highest BCUT2D eigenvalue weighted by atomic mass is 32.2. The molecule has 5 nitrogen and oxygen atoms in total. The zero-order valence-electron chi connectivity index (χ0n) is 19.8. The third-order valence-electron chi connectivity index (χ3n) is 5.36. The molecule has 2 aromatic rings. The Morgan fingerprint density at radius 1 is 1.16 bits per heavy atom. The minimum atomic E-state index is 0.0919. The van der Waals surface area contributed by atoms with Crippen LogP contribution in [0.5, 0.6) is 11.5 Å². The number of aryl methyl sites for hydroxylation is 1. The molecule has 0 spiro atoms. The van der Waals surface area contributed by atoms with Crippen molar-refractivity contribution < 1.29 is 14.3 Å². The van der Waals surface area contributed by atoms with Crippen LogP contribution in [0.3, 0.4) is 0 Å². The van der Waals surface area contributed by atoms with Crippen molar-refractivity contribution in [3.8, 4) is 11.5 Å². The van der Waals surface area contributed by atoms with Crippen LogP contribution in [0.15, 0.2) is 47.5 Å². The smallest absolute Gasteiger partial charge is 0.228 e. The molecule has 6 heteroatoms. The molecule has 0 aromatic heterocycles. The number of hydrogen-bond donors (Lipinski definition) is 0. The van der Waals surface area contributed by atoms with E-state index < -0.39 is 0 Å². The lowest BCUT2D eigenvalue weighted by Crippen LogP contribution is -2.39. The van der Waals surface area contributed by atoms with Crippen LogP contribution < -0.4 is 9.47 Å². The van der Waals surface area contributed by atoms with E-state index in [0.29, 0.717) is 31.7 Å². The summed E-state index contributed by atoms with van der Waals surface area (Å²) in [6.07, 6.45) is 2.07. The molecule has 0 bridgehead atoms.